The highest BCUT2D eigenvalue weighted by Crippen LogP contribution is 2.36. The summed E-state index contributed by atoms with van der Waals surface area (Å²) in [4.78, 5) is 17.3. The van der Waals surface area contributed by atoms with Crippen LogP contribution in [0.1, 0.15) is 67.3 Å². The van der Waals surface area contributed by atoms with Crippen molar-refractivity contribution in [1.29, 1.82) is 0 Å². The van der Waals surface area contributed by atoms with Crippen molar-refractivity contribution >= 4 is 11.5 Å². The van der Waals surface area contributed by atoms with Gasteiger partial charge in [-0.1, -0.05) is 52.0 Å². The summed E-state index contributed by atoms with van der Waals surface area (Å²) in [7, 11) is 0. The molecule has 2 aromatic carbocycles. The minimum Gasteiger partial charge on any atom is -0.340 e. The molecule has 0 fully saturated rings. The number of aromatic nitrogens is 2. The van der Waals surface area contributed by atoms with E-state index in [-0.39, 0.29) is 5.69 Å². The average molecular weight is 402 g/mol. The topological polar surface area (TPSA) is 46.9 Å². The highest BCUT2D eigenvalue weighted by atomic mass is 16.1. The van der Waals surface area contributed by atoms with Crippen molar-refractivity contribution in [2.24, 2.45) is 0 Å². The van der Waals surface area contributed by atoms with Gasteiger partial charge in [-0.15, -0.1) is 0 Å². The van der Waals surface area contributed by atoms with E-state index in [1.165, 1.54) is 27.8 Å². The summed E-state index contributed by atoms with van der Waals surface area (Å²) >= 11 is 0. The van der Waals surface area contributed by atoms with E-state index in [4.69, 9.17) is 0 Å². The molecule has 1 aromatic heterocycles. The summed E-state index contributed by atoms with van der Waals surface area (Å²) < 4.78 is 1.81. The molecule has 4 nitrogen and oxygen atoms in total. The van der Waals surface area contributed by atoms with E-state index in [1.807, 2.05) is 6.07 Å². The molecule has 30 heavy (non-hydrogen) atoms. The van der Waals surface area contributed by atoms with E-state index in [0.29, 0.717) is 24.2 Å². The number of anilines is 2. The zero-order chi connectivity index (χ0) is 21.6. The molecule has 4 rings (SSSR count). The molecular weight excluding hydrogens is 370 g/mol. The molecule has 0 saturated carbocycles. The highest BCUT2D eigenvalue weighted by molar-refractivity contribution is 5.73. The third-order valence-electron chi connectivity index (χ3n) is 6.24. The maximum absolute atomic E-state index is 12.9. The number of para-hydroxylation sites is 1. The minimum absolute atomic E-state index is 0.188. The van der Waals surface area contributed by atoms with Crippen LogP contribution < -0.4 is 11.0 Å². The van der Waals surface area contributed by atoms with Gasteiger partial charge in [-0.3, -0.25) is 4.57 Å². The molecule has 1 aliphatic rings. The van der Waals surface area contributed by atoms with Crippen LogP contribution in [-0.4, -0.2) is 9.55 Å². The summed E-state index contributed by atoms with van der Waals surface area (Å²) in [5.74, 6) is 1.36. The largest absolute Gasteiger partial charge is 0.350 e. The van der Waals surface area contributed by atoms with E-state index in [1.54, 1.807) is 4.57 Å². The molecule has 0 spiro atoms. The molecule has 1 N–H and O–H groups in total. The Morgan fingerprint density at radius 1 is 0.967 bits per heavy atom. The molecular formula is C26H31N3O. The SMILES string of the molecule is Cc1cc2c(cc1C)-c1cc(Nc3c(C(C)C)cccc3C(C)C)nc(=O)n1CC2. The van der Waals surface area contributed by atoms with Crippen LogP contribution in [0, 0.1) is 13.8 Å². The maximum Gasteiger partial charge on any atom is 0.350 e. The molecule has 0 saturated heterocycles. The van der Waals surface area contributed by atoms with E-state index in [0.717, 1.165) is 23.4 Å². The molecule has 4 heteroatoms. The Kier molecular flexibility index (Phi) is 5.27. The third kappa shape index (κ3) is 3.55. The number of benzene rings is 2. The molecule has 0 aliphatic carbocycles. The van der Waals surface area contributed by atoms with Gasteiger partial charge in [-0.2, -0.15) is 4.98 Å². The van der Waals surface area contributed by atoms with E-state index >= 15 is 0 Å². The van der Waals surface area contributed by atoms with Crippen LogP contribution in [0.2, 0.25) is 0 Å². The second-order valence-electron chi connectivity index (χ2n) is 9.05. The number of hydrogen-bond acceptors (Lipinski definition) is 3. The molecule has 156 valence electrons. The van der Waals surface area contributed by atoms with Gasteiger partial charge in [0, 0.05) is 23.9 Å². The predicted octanol–water partition coefficient (Wildman–Crippen LogP) is 6.07. The van der Waals surface area contributed by atoms with Crippen molar-refractivity contribution in [3.8, 4) is 11.3 Å². The molecule has 0 atom stereocenters. The molecule has 2 heterocycles. The van der Waals surface area contributed by atoms with Crippen molar-refractivity contribution in [1.82, 2.24) is 9.55 Å². The van der Waals surface area contributed by atoms with Gasteiger partial charge in [0.2, 0.25) is 0 Å². The molecule has 3 aromatic rings. The summed E-state index contributed by atoms with van der Waals surface area (Å²) in [6.07, 6.45) is 0.867. The van der Waals surface area contributed by atoms with Crippen LogP contribution in [-0.2, 0) is 13.0 Å². The van der Waals surface area contributed by atoms with Gasteiger partial charge in [-0.25, -0.2) is 4.79 Å². The quantitative estimate of drug-likeness (QED) is 0.577. The number of rotatable bonds is 4. The number of nitrogens with one attached hydrogen (secondary N) is 1. The molecule has 1 aliphatic heterocycles. The van der Waals surface area contributed by atoms with Gasteiger partial charge >= 0.3 is 5.69 Å². The van der Waals surface area contributed by atoms with E-state index in [9.17, 15) is 4.79 Å². The highest BCUT2D eigenvalue weighted by Gasteiger charge is 2.21. The van der Waals surface area contributed by atoms with Gasteiger partial charge in [0.1, 0.15) is 5.82 Å². The first-order valence-electron chi connectivity index (χ1n) is 10.9. The Hall–Kier alpha value is -2.88. The van der Waals surface area contributed by atoms with Crippen LogP contribution >= 0.6 is 0 Å². The average Bonchev–Trinajstić information content (AvgIpc) is 2.68. The van der Waals surface area contributed by atoms with Gasteiger partial charge in [0.25, 0.3) is 0 Å². The van der Waals surface area contributed by atoms with Crippen LogP contribution in [0.15, 0.2) is 41.2 Å². The lowest BCUT2D eigenvalue weighted by Gasteiger charge is -2.24. The van der Waals surface area contributed by atoms with E-state index in [2.05, 4.69) is 82.2 Å². The fourth-order valence-electron chi connectivity index (χ4n) is 4.39. The predicted molar refractivity (Wildman–Crippen MR) is 125 cm³/mol. The Bertz CT molecular complexity index is 1150. The third-order valence-corrected chi connectivity index (χ3v) is 6.24. The molecule has 0 unspecified atom stereocenters. The first-order valence-corrected chi connectivity index (χ1v) is 10.9. The number of aryl methyl sites for hydroxylation is 3. The van der Waals surface area contributed by atoms with Gasteiger partial charge in [0.15, 0.2) is 0 Å². The van der Waals surface area contributed by atoms with Crippen LogP contribution in [0.5, 0.6) is 0 Å². The number of hydrogen-bond donors (Lipinski definition) is 1. The van der Waals surface area contributed by atoms with Crippen LogP contribution in [0.25, 0.3) is 11.3 Å². The number of fused-ring (bicyclic) bond motifs is 3. The molecule has 0 radical (unpaired) electrons. The van der Waals surface area contributed by atoms with Crippen LogP contribution in [0.3, 0.4) is 0 Å². The number of nitrogens with zero attached hydrogens (tertiary/aromatic N) is 2. The van der Waals surface area contributed by atoms with Crippen LogP contribution in [0.4, 0.5) is 11.5 Å². The second-order valence-corrected chi connectivity index (χ2v) is 9.05. The Morgan fingerprint density at radius 2 is 1.60 bits per heavy atom. The van der Waals surface area contributed by atoms with Gasteiger partial charge in [0.05, 0.1) is 5.69 Å². The smallest absolute Gasteiger partial charge is 0.340 e. The van der Waals surface area contributed by atoms with Crippen molar-refractivity contribution in [3.63, 3.8) is 0 Å². The summed E-state index contributed by atoms with van der Waals surface area (Å²) in [5.41, 5.74) is 9.32. The lowest BCUT2D eigenvalue weighted by atomic mass is 9.92. The van der Waals surface area contributed by atoms with Crippen molar-refractivity contribution < 1.29 is 0 Å². The molecule has 0 amide bonds. The Morgan fingerprint density at radius 3 is 2.23 bits per heavy atom. The van der Waals surface area contributed by atoms with Gasteiger partial charge < -0.3 is 5.32 Å². The lowest BCUT2D eigenvalue weighted by molar-refractivity contribution is 0.640. The minimum atomic E-state index is -0.188. The van der Waals surface area contributed by atoms with Crippen molar-refractivity contribution in [2.45, 2.75) is 66.3 Å². The summed E-state index contributed by atoms with van der Waals surface area (Å²) in [6, 6.07) is 12.9. The fraction of sp³-hybridized carbons (Fsp3) is 0.385. The first kappa shape index (κ1) is 20.4. The maximum atomic E-state index is 12.9. The van der Waals surface area contributed by atoms with Gasteiger partial charge in [-0.05, 0) is 66.0 Å². The fourth-order valence-corrected chi connectivity index (χ4v) is 4.39. The summed E-state index contributed by atoms with van der Waals surface area (Å²) in [5, 5.41) is 3.53. The first-order chi connectivity index (χ1) is 14.3. The Balaban J connectivity index is 1.86. The van der Waals surface area contributed by atoms with Crippen molar-refractivity contribution in [3.05, 3.63) is 74.7 Å². The standard InChI is InChI=1S/C26H31N3O/c1-15(2)20-8-7-9-21(16(3)4)25(20)27-24-14-23-22-13-18(6)17(5)12-19(22)10-11-29(23)26(30)28-24/h7-9,12-16H,10-11H2,1-6H3,(H,27,28,30). The second kappa shape index (κ2) is 7.75. The zero-order valence-electron chi connectivity index (χ0n) is 18.8. The van der Waals surface area contributed by atoms with E-state index < -0.39 is 0 Å². The normalized spacial score (nSPS) is 12.8. The monoisotopic (exact) mass is 401 g/mol. The zero-order valence-corrected chi connectivity index (χ0v) is 18.8. The summed E-state index contributed by atoms with van der Waals surface area (Å²) in [6.45, 7) is 13.7. The lowest BCUT2D eigenvalue weighted by Crippen LogP contribution is -2.29. The van der Waals surface area contributed by atoms with Crippen molar-refractivity contribution in [2.75, 3.05) is 5.32 Å². The molecule has 0 bridgehead atoms. The Labute approximate surface area is 179 Å².